The van der Waals surface area contributed by atoms with E-state index in [9.17, 15) is 0 Å². The number of furan rings is 1. The normalized spacial score (nSPS) is 12.6. The number of nitrogens with one attached hydrogen (secondary N) is 1. The first kappa shape index (κ1) is 13.4. The first-order valence-electron chi connectivity index (χ1n) is 6.37. The zero-order valence-electron chi connectivity index (χ0n) is 11.2. The third-order valence-electron chi connectivity index (χ3n) is 3.16. The minimum Gasteiger partial charge on any atom is -0.446 e. The van der Waals surface area contributed by atoms with Crippen LogP contribution in [0.5, 0.6) is 0 Å². The Labute approximate surface area is 130 Å². The first-order chi connectivity index (χ1) is 9.63. The smallest absolute Gasteiger partial charge is 0.231 e. The van der Waals surface area contributed by atoms with Gasteiger partial charge in [0.2, 0.25) is 5.71 Å². The summed E-state index contributed by atoms with van der Waals surface area (Å²) in [6, 6.07) is 10.5. The maximum absolute atomic E-state index is 5.35. The molecular weight excluding hydrogens is 365 g/mol. The molecule has 0 saturated carbocycles. The topological polar surface area (TPSA) is 51.0 Å². The van der Waals surface area contributed by atoms with Gasteiger partial charge in [0, 0.05) is 9.61 Å². The van der Waals surface area contributed by atoms with E-state index in [1.807, 2.05) is 13.0 Å². The maximum Gasteiger partial charge on any atom is 0.231 e. The number of anilines is 1. The van der Waals surface area contributed by atoms with Crippen molar-refractivity contribution in [3.8, 4) is 0 Å². The second kappa shape index (κ2) is 5.40. The molecule has 0 aliphatic carbocycles. The number of benzene rings is 1. The Bertz CT molecular complexity index is 736. The van der Waals surface area contributed by atoms with Crippen molar-refractivity contribution in [1.82, 2.24) is 9.97 Å². The molecule has 20 heavy (non-hydrogen) atoms. The number of fused-ring (bicyclic) bond motifs is 1. The lowest BCUT2D eigenvalue weighted by atomic mass is 10.1. The molecule has 0 aliphatic heterocycles. The van der Waals surface area contributed by atoms with Crippen LogP contribution in [-0.4, -0.2) is 9.97 Å². The Hall–Kier alpha value is -1.63. The minimum atomic E-state index is 0.166. The molecule has 2 aromatic heterocycles. The Morgan fingerprint density at radius 3 is 2.65 bits per heavy atom. The molecule has 5 heteroatoms. The van der Waals surface area contributed by atoms with Crippen LogP contribution in [0.3, 0.4) is 0 Å². The molecule has 4 nitrogen and oxygen atoms in total. The highest BCUT2D eigenvalue weighted by atomic mass is 127. The monoisotopic (exact) mass is 379 g/mol. The van der Waals surface area contributed by atoms with Gasteiger partial charge in [-0.25, -0.2) is 4.98 Å². The lowest BCUT2D eigenvalue weighted by Gasteiger charge is -2.15. The van der Waals surface area contributed by atoms with Gasteiger partial charge < -0.3 is 9.73 Å². The Morgan fingerprint density at radius 1 is 1.15 bits per heavy atom. The first-order valence-corrected chi connectivity index (χ1v) is 7.45. The molecule has 1 aromatic carbocycles. The van der Waals surface area contributed by atoms with Gasteiger partial charge in [0.15, 0.2) is 0 Å². The van der Waals surface area contributed by atoms with Gasteiger partial charge in [0.1, 0.15) is 11.6 Å². The van der Waals surface area contributed by atoms with Gasteiger partial charge >= 0.3 is 0 Å². The average Bonchev–Trinajstić information content (AvgIpc) is 2.87. The molecule has 0 bridgehead atoms. The molecule has 102 valence electrons. The minimum absolute atomic E-state index is 0.166. The van der Waals surface area contributed by atoms with Crippen LogP contribution in [0.4, 0.5) is 5.82 Å². The summed E-state index contributed by atoms with van der Waals surface area (Å²) in [7, 11) is 0. The molecule has 0 amide bonds. The number of aromatic nitrogens is 2. The quantitative estimate of drug-likeness (QED) is 0.690. The molecule has 0 unspecified atom stereocenters. The lowest BCUT2D eigenvalue weighted by molar-refractivity contribution is 0.601. The molecular formula is C15H14IN3O. The van der Waals surface area contributed by atoms with Crippen LogP contribution in [-0.2, 0) is 0 Å². The zero-order chi connectivity index (χ0) is 14.1. The summed E-state index contributed by atoms with van der Waals surface area (Å²) in [5, 5.41) is 4.34. The highest BCUT2D eigenvalue weighted by Gasteiger charge is 2.12. The zero-order valence-corrected chi connectivity index (χ0v) is 13.4. The van der Waals surface area contributed by atoms with Crippen molar-refractivity contribution < 1.29 is 4.42 Å². The van der Waals surface area contributed by atoms with Crippen molar-refractivity contribution in [2.75, 3.05) is 5.32 Å². The molecule has 0 fully saturated rings. The van der Waals surface area contributed by atoms with E-state index in [2.05, 4.69) is 69.1 Å². The molecule has 0 spiro atoms. The number of aryl methyl sites for hydroxylation is 1. The van der Waals surface area contributed by atoms with Crippen LogP contribution >= 0.6 is 22.6 Å². The van der Waals surface area contributed by atoms with Gasteiger partial charge in [0.25, 0.3) is 0 Å². The number of halogens is 1. The Kier molecular flexibility index (Phi) is 3.60. The van der Waals surface area contributed by atoms with Gasteiger partial charge in [0.05, 0.1) is 11.6 Å². The summed E-state index contributed by atoms with van der Waals surface area (Å²) in [5.74, 6) is 1.51. The number of hydrogen-bond donors (Lipinski definition) is 1. The van der Waals surface area contributed by atoms with Gasteiger partial charge in [-0.2, -0.15) is 4.98 Å². The summed E-state index contributed by atoms with van der Waals surface area (Å²) in [5.41, 5.74) is 1.84. The SMILES string of the molecule is Cc1nc(N[C@@H](C)c2ccc(I)cc2)c2ccoc2n1. The molecule has 2 heterocycles. The number of nitrogens with zero attached hydrogens (tertiary/aromatic N) is 2. The van der Waals surface area contributed by atoms with E-state index < -0.39 is 0 Å². The summed E-state index contributed by atoms with van der Waals surface area (Å²) >= 11 is 2.31. The third-order valence-corrected chi connectivity index (χ3v) is 3.88. The van der Waals surface area contributed by atoms with E-state index in [1.165, 1.54) is 9.13 Å². The van der Waals surface area contributed by atoms with Crippen molar-refractivity contribution >= 4 is 39.5 Å². The van der Waals surface area contributed by atoms with Crippen LogP contribution < -0.4 is 5.32 Å². The summed E-state index contributed by atoms with van der Waals surface area (Å²) in [6.07, 6.45) is 1.64. The molecule has 1 atom stereocenters. The predicted molar refractivity (Wildman–Crippen MR) is 87.7 cm³/mol. The second-order valence-corrected chi connectivity index (χ2v) is 5.92. The van der Waals surface area contributed by atoms with Crippen LogP contribution in [0.15, 0.2) is 41.0 Å². The van der Waals surface area contributed by atoms with E-state index in [0.717, 1.165) is 11.2 Å². The fraction of sp³-hybridized carbons (Fsp3) is 0.200. The van der Waals surface area contributed by atoms with Crippen LogP contribution in [0, 0.1) is 10.5 Å². The Balaban J connectivity index is 1.92. The summed E-state index contributed by atoms with van der Waals surface area (Å²) in [4.78, 5) is 8.74. The van der Waals surface area contributed by atoms with Gasteiger partial charge in [-0.15, -0.1) is 0 Å². The molecule has 0 aliphatic rings. The number of rotatable bonds is 3. The Morgan fingerprint density at radius 2 is 1.90 bits per heavy atom. The predicted octanol–water partition coefficient (Wildman–Crippen LogP) is 4.31. The van der Waals surface area contributed by atoms with Gasteiger partial charge in [-0.05, 0) is 60.2 Å². The van der Waals surface area contributed by atoms with E-state index in [1.54, 1.807) is 6.26 Å². The van der Waals surface area contributed by atoms with E-state index in [0.29, 0.717) is 11.5 Å². The molecule has 0 radical (unpaired) electrons. The van der Waals surface area contributed by atoms with Gasteiger partial charge in [-0.1, -0.05) is 12.1 Å². The second-order valence-electron chi connectivity index (χ2n) is 4.68. The average molecular weight is 379 g/mol. The highest BCUT2D eigenvalue weighted by Crippen LogP contribution is 2.25. The van der Waals surface area contributed by atoms with Crippen LogP contribution in [0.25, 0.3) is 11.1 Å². The van der Waals surface area contributed by atoms with E-state index in [4.69, 9.17) is 4.42 Å². The fourth-order valence-electron chi connectivity index (χ4n) is 2.11. The van der Waals surface area contributed by atoms with Crippen molar-refractivity contribution in [2.24, 2.45) is 0 Å². The summed E-state index contributed by atoms with van der Waals surface area (Å²) < 4.78 is 6.58. The van der Waals surface area contributed by atoms with Crippen molar-refractivity contribution in [3.05, 3.63) is 51.6 Å². The molecule has 0 saturated heterocycles. The van der Waals surface area contributed by atoms with Crippen LogP contribution in [0.1, 0.15) is 24.4 Å². The van der Waals surface area contributed by atoms with Crippen LogP contribution in [0.2, 0.25) is 0 Å². The third kappa shape index (κ3) is 2.63. The fourth-order valence-corrected chi connectivity index (χ4v) is 2.47. The highest BCUT2D eigenvalue weighted by molar-refractivity contribution is 14.1. The molecule has 1 N–H and O–H groups in total. The van der Waals surface area contributed by atoms with Crippen molar-refractivity contribution in [1.29, 1.82) is 0 Å². The van der Waals surface area contributed by atoms with Crippen molar-refractivity contribution in [2.45, 2.75) is 19.9 Å². The lowest BCUT2D eigenvalue weighted by Crippen LogP contribution is -2.09. The van der Waals surface area contributed by atoms with E-state index in [-0.39, 0.29) is 6.04 Å². The molecule has 3 aromatic rings. The summed E-state index contributed by atoms with van der Waals surface area (Å²) in [6.45, 7) is 3.98. The molecule has 3 rings (SSSR count). The standard InChI is InChI=1S/C15H14IN3O/c1-9(11-3-5-12(16)6-4-11)17-14-13-7-8-20-15(13)19-10(2)18-14/h3-9H,1-2H3,(H,17,18,19)/t9-/m0/s1. The largest absolute Gasteiger partial charge is 0.446 e. The van der Waals surface area contributed by atoms with E-state index >= 15 is 0 Å². The number of hydrogen-bond acceptors (Lipinski definition) is 4. The maximum atomic E-state index is 5.35. The van der Waals surface area contributed by atoms with Crippen molar-refractivity contribution in [3.63, 3.8) is 0 Å². The van der Waals surface area contributed by atoms with Gasteiger partial charge in [-0.3, -0.25) is 0 Å².